The van der Waals surface area contributed by atoms with Crippen LogP contribution in [0.25, 0.3) is 0 Å². The van der Waals surface area contributed by atoms with Gasteiger partial charge >= 0.3 is 5.63 Å². The fraction of sp³-hybridized carbons (Fsp3) is 0.800. The van der Waals surface area contributed by atoms with E-state index < -0.39 is 64.5 Å². The Kier molecular flexibility index (Phi) is 6.89. The number of carbonyl (C=O) groups is 1. The summed E-state index contributed by atoms with van der Waals surface area (Å²) in [7, 11) is 0. The van der Waals surface area contributed by atoms with E-state index in [2.05, 4.69) is 6.92 Å². The molecule has 40 heavy (non-hydrogen) atoms. The first kappa shape index (κ1) is 28.5. The first-order valence-electron chi connectivity index (χ1n) is 14.7. The number of aliphatic hydroxyl groups is 5. The lowest BCUT2D eigenvalue weighted by Gasteiger charge is -2.65. The Morgan fingerprint density at radius 2 is 1.70 bits per heavy atom. The van der Waals surface area contributed by atoms with Crippen molar-refractivity contribution in [3.63, 3.8) is 0 Å². The molecule has 222 valence electrons. The third kappa shape index (κ3) is 3.87. The van der Waals surface area contributed by atoms with Crippen LogP contribution in [0.1, 0.15) is 83.1 Å². The van der Waals surface area contributed by atoms with Gasteiger partial charge in [-0.25, -0.2) is 4.79 Å². The molecule has 5 aliphatic rings. The van der Waals surface area contributed by atoms with Crippen LogP contribution in [-0.2, 0) is 14.3 Å². The molecule has 0 aromatic carbocycles. The summed E-state index contributed by atoms with van der Waals surface area (Å²) in [4.78, 5) is 24.5. The lowest BCUT2D eigenvalue weighted by Crippen LogP contribution is -2.69. The van der Waals surface area contributed by atoms with Crippen LogP contribution in [0.15, 0.2) is 27.6 Å². The Bertz CT molecular complexity index is 1170. The molecule has 4 aliphatic carbocycles. The molecule has 0 amide bonds. The zero-order chi connectivity index (χ0) is 28.7. The Morgan fingerprint density at radius 3 is 2.40 bits per heavy atom. The fourth-order valence-electron chi connectivity index (χ4n) is 9.67. The number of ether oxygens (including phenoxy) is 2. The van der Waals surface area contributed by atoms with Crippen LogP contribution in [0.3, 0.4) is 0 Å². The average Bonchev–Trinajstić information content (AvgIpc) is 3.21. The maximum atomic E-state index is 13.0. The van der Waals surface area contributed by atoms with Gasteiger partial charge in [0.15, 0.2) is 6.29 Å². The maximum Gasteiger partial charge on any atom is 0.335 e. The van der Waals surface area contributed by atoms with Gasteiger partial charge in [0.05, 0.1) is 35.1 Å². The second-order valence-corrected chi connectivity index (χ2v) is 13.5. The molecule has 13 atom stereocenters. The Morgan fingerprint density at radius 1 is 0.950 bits per heavy atom. The molecule has 1 saturated heterocycles. The molecule has 0 bridgehead atoms. The van der Waals surface area contributed by atoms with Crippen LogP contribution >= 0.6 is 0 Å². The third-order valence-electron chi connectivity index (χ3n) is 12.0. The fourth-order valence-corrected chi connectivity index (χ4v) is 9.67. The highest BCUT2D eigenvalue weighted by Gasteiger charge is 2.71. The summed E-state index contributed by atoms with van der Waals surface area (Å²) < 4.78 is 16.8. The summed E-state index contributed by atoms with van der Waals surface area (Å²) in [6.07, 6.45) is 0.559. The lowest BCUT2D eigenvalue weighted by molar-refractivity contribution is -0.317. The van der Waals surface area contributed by atoms with E-state index in [1.165, 1.54) is 12.3 Å². The highest BCUT2D eigenvalue weighted by molar-refractivity contribution is 5.64. The van der Waals surface area contributed by atoms with Gasteiger partial charge in [-0.2, -0.15) is 0 Å². The van der Waals surface area contributed by atoms with Crippen molar-refractivity contribution in [3.05, 3.63) is 34.4 Å². The molecular weight excluding hydrogens is 520 g/mol. The Hall–Kier alpha value is -1.66. The number of fused-ring (bicyclic) bond motifs is 5. The summed E-state index contributed by atoms with van der Waals surface area (Å²) in [5, 5.41) is 55.1. The predicted octanol–water partition coefficient (Wildman–Crippen LogP) is 1.39. The molecule has 10 nitrogen and oxygen atoms in total. The van der Waals surface area contributed by atoms with Gasteiger partial charge in [-0.05, 0) is 87.7 Å². The minimum atomic E-state index is -1.44. The molecule has 0 spiro atoms. The van der Waals surface area contributed by atoms with Crippen LogP contribution in [-0.4, -0.2) is 79.8 Å². The summed E-state index contributed by atoms with van der Waals surface area (Å²) in [5.41, 5.74) is -3.34. The van der Waals surface area contributed by atoms with Crippen LogP contribution < -0.4 is 5.63 Å². The zero-order valence-corrected chi connectivity index (χ0v) is 23.1. The molecule has 1 aliphatic heterocycles. The van der Waals surface area contributed by atoms with Crippen LogP contribution in [0.4, 0.5) is 0 Å². The maximum absolute atomic E-state index is 13.0. The van der Waals surface area contributed by atoms with Crippen molar-refractivity contribution in [2.24, 2.45) is 22.7 Å². The summed E-state index contributed by atoms with van der Waals surface area (Å²) in [5.74, 6) is -0.322. The minimum Gasteiger partial charge on any atom is -0.431 e. The van der Waals surface area contributed by atoms with Crippen molar-refractivity contribution in [1.29, 1.82) is 0 Å². The van der Waals surface area contributed by atoms with Crippen LogP contribution in [0, 0.1) is 22.7 Å². The smallest absolute Gasteiger partial charge is 0.335 e. The zero-order valence-electron chi connectivity index (χ0n) is 23.1. The molecule has 5 N–H and O–H groups in total. The molecule has 5 fully saturated rings. The van der Waals surface area contributed by atoms with E-state index in [-0.39, 0.29) is 24.2 Å². The van der Waals surface area contributed by atoms with Crippen molar-refractivity contribution in [1.82, 2.24) is 0 Å². The predicted molar refractivity (Wildman–Crippen MR) is 140 cm³/mol. The number of aldehydes is 1. The highest BCUT2D eigenvalue weighted by atomic mass is 16.7. The van der Waals surface area contributed by atoms with Crippen molar-refractivity contribution in [2.75, 3.05) is 0 Å². The van der Waals surface area contributed by atoms with E-state index in [0.29, 0.717) is 44.9 Å². The standard InChI is InChI=1S/C30H42O10/c1-16-23(33)24(34)25(35)26(39-16)40-18-5-10-28(15-31)20-6-9-27(2)19(17-3-4-22(32)38-14-17)8-12-30(27,37)21(20)7-11-29(28,36)13-18/h3-4,14-16,18-21,23-26,33-37H,5-13H2,1-2H3. The first-order valence-corrected chi connectivity index (χ1v) is 14.7. The van der Waals surface area contributed by atoms with Gasteiger partial charge in [-0.1, -0.05) is 6.92 Å². The summed E-state index contributed by atoms with van der Waals surface area (Å²) in [6.45, 7) is 3.71. The normalized spacial score (nSPS) is 52.3. The van der Waals surface area contributed by atoms with Crippen LogP contribution in [0.5, 0.6) is 0 Å². The second-order valence-electron chi connectivity index (χ2n) is 13.5. The number of carbonyl (C=O) groups excluding carboxylic acids is 1. The topological polar surface area (TPSA) is 167 Å². The monoisotopic (exact) mass is 562 g/mol. The average molecular weight is 563 g/mol. The molecule has 4 saturated carbocycles. The van der Waals surface area contributed by atoms with Gasteiger partial charge < -0.3 is 44.2 Å². The largest absolute Gasteiger partial charge is 0.431 e. The Balaban J connectivity index is 1.23. The van der Waals surface area contributed by atoms with Crippen molar-refractivity contribution >= 4 is 6.29 Å². The van der Waals surface area contributed by atoms with E-state index in [0.717, 1.165) is 18.3 Å². The van der Waals surface area contributed by atoms with Gasteiger partial charge in [0.1, 0.15) is 24.6 Å². The van der Waals surface area contributed by atoms with Crippen molar-refractivity contribution in [3.8, 4) is 0 Å². The third-order valence-corrected chi connectivity index (χ3v) is 12.0. The quantitative estimate of drug-likeness (QED) is 0.267. The number of aliphatic hydroxyl groups excluding tert-OH is 3. The van der Waals surface area contributed by atoms with Gasteiger partial charge in [-0.15, -0.1) is 0 Å². The summed E-state index contributed by atoms with van der Waals surface area (Å²) >= 11 is 0. The molecule has 2 heterocycles. The number of rotatable bonds is 4. The minimum absolute atomic E-state index is 0.0260. The molecule has 13 unspecified atom stereocenters. The lowest BCUT2D eigenvalue weighted by atomic mass is 9.41. The molecule has 1 aromatic heterocycles. The van der Waals surface area contributed by atoms with E-state index in [1.54, 1.807) is 13.0 Å². The van der Waals surface area contributed by atoms with Crippen molar-refractivity contribution < 1.29 is 44.2 Å². The van der Waals surface area contributed by atoms with Crippen molar-refractivity contribution in [2.45, 2.75) is 126 Å². The molecule has 6 rings (SSSR count). The van der Waals surface area contributed by atoms with E-state index in [1.807, 2.05) is 0 Å². The number of hydrogen-bond acceptors (Lipinski definition) is 10. The van der Waals surface area contributed by atoms with Gasteiger partial charge in [0.25, 0.3) is 0 Å². The second kappa shape index (κ2) is 9.69. The van der Waals surface area contributed by atoms with Gasteiger partial charge in [0.2, 0.25) is 0 Å². The van der Waals surface area contributed by atoms with Gasteiger partial charge in [-0.3, -0.25) is 0 Å². The molecule has 1 aromatic rings. The number of hydrogen-bond donors (Lipinski definition) is 5. The first-order chi connectivity index (χ1) is 18.9. The SMILES string of the molecule is CC1OC(OC2CCC3(C=O)C4CCC5(C)C(c6ccc(=O)oc6)CCC5(O)C4CCC3(O)C2)C(O)C(O)C1O. The summed E-state index contributed by atoms with van der Waals surface area (Å²) in [6, 6.07) is 3.21. The molecule has 0 radical (unpaired) electrons. The van der Waals surface area contributed by atoms with Crippen LogP contribution in [0.2, 0.25) is 0 Å². The van der Waals surface area contributed by atoms with E-state index >= 15 is 0 Å². The highest BCUT2D eigenvalue weighted by Crippen LogP contribution is 2.71. The Labute approximate surface area is 233 Å². The van der Waals surface area contributed by atoms with Gasteiger partial charge in [0, 0.05) is 17.9 Å². The van der Waals surface area contributed by atoms with E-state index in [4.69, 9.17) is 13.9 Å². The van der Waals surface area contributed by atoms with E-state index in [9.17, 15) is 35.1 Å². The molecular formula is C30H42O10. The molecule has 10 heteroatoms.